The zero-order chi connectivity index (χ0) is 24.9. The number of nitrogens with one attached hydrogen (secondary N) is 3. The first-order chi connectivity index (χ1) is 18.1. The van der Waals surface area contributed by atoms with E-state index in [0.717, 1.165) is 57.2 Å². The Labute approximate surface area is 210 Å². The van der Waals surface area contributed by atoms with Crippen molar-refractivity contribution in [1.82, 2.24) is 30.1 Å². The lowest BCUT2D eigenvalue weighted by atomic mass is 10.0. The summed E-state index contributed by atoms with van der Waals surface area (Å²) in [5, 5.41) is 21.9. The number of anilines is 1. The average Bonchev–Trinajstić information content (AvgIpc) is 3.55. The molecule has 1 aliphatic carbocycles. The Morgan fingerprint density at radius 3 is 2.65 bits per heavy atom. The Balaban J connectivity index is 1.27. The highest BCUT2D eigenvalue weighted by molar-refractivity contribution is 5.97. The minimum atomic E-state index is -0.554. The molecule has 0 radical (unpaired) electrons. The summed E-state index contributed by atoms with van der Waals surface area (Å²) in [5.41, 5.74) is 7.28. The van der Waals surface area contributed by atoms with E-state index in [4.69, 9.17) is 4.98 Å². The molecule has 4 aromatic heterocycles. The molecular formula is C28H22FN7O. The van der Waals surface area contributed by atoms with E-state index in [9.17, 15) is 9.50 Å². The number of aromatic nitrogens is 6. The summed E-state index contributed by atoms with van der Waals surface area (Å²) in [4.78, 5) is 16.9. The van der Waals surface area contributed by atoms with Gasteiger partial charge >= 0.3 is 0 Å². The van der Waals surface area contributed by atoms with E-state index in [1.807, 2.05) is 30.3 Å². The van der Waals surface area contributed by atoms with Crippen molar-refractivity contribution in [3.05, 3.63) is 79.0 Å². The van der Waals surface area contributed by atoms with E-state index >= 15 is 0 Å². The number of imidazole rings is 1. The van der Waals surface area contributed by atoms with Gasteiger partial charge in [0.05, 0.1) is 22.9 Å². The van der Waals surface area contributed by atoms with Gasteiger partial charge in [-0.25, -0.2) is 14.4 Å². The highest BCUT2D eigenvalue weighted by Gasteiger charge is 2.29. The molecule has 1 aliphatic rings. The van der Waals surface area contributed by atoms with Crippen LogP contribution in [0.4, 0.5) is 10.1 Å². The van der Waals surface area contributed by atoms with Gasteiger partial charge in [-0.05, 0) is 60.4 Å². The highest BCUT2D eigenvalue weighted by Crippen LogP contribution is 2.35. The zero-order valence-corrected chi connectivity index (χ0v) is 19.6. The van der Waals surface area contributed by atoms with Crippen molar-refractivity contribution in [1.29, 1.82) is 0 Å². The van der Waals surface area contributed by atoms with E-state index in [0.29, 0.717) is 23.1 Å². The number of aromatic amines is 2. The van der Waals surface area contributed by atoms with E-state index in [-0.39, 0.29) is 5.82 Å². The van der Waals surface area contributed by atoms with Gasteiger partial charge in [0.15, 0.2) is 11.5 Å². The van der Waals surface area contributed by atoms with Crippen molar-refractivity contribution in [3.63, 3.8) is 0 Å². The maximum Gasteiger partial charge on any atom is 0.178 e. The van der Waals surface area contributed by atoms with Gasteiger partial charge in [-0.1, -0.05) is 18.2 Å². The Hall–Kier alpha value is -4.63. The van der Waals surface area contributed by atoms with Gasteiger partial charge in [0.1, 0.15) is 17.7 Å². The number of nitrogens with zero attached hydrogens (tertiary/aromatic N) is 4. The smallest absolute Gasteiger partial charge is 0.178 e. The molecule has 9 heteroatoms. The monoisotopic (exact) mass is 491 g/mol. The lowest BCUT2D eigenvalue weighted by molar-refractivity contribution is 0.180. The van der Waals surface area contributed by atoms with Gasteiger partial charge in [-0.2, -0.15) is 5.10 Å². The van der Waals surface area contributed by atoms with Gasteiger partial charge in [0.2, 0.25) is 0 Å². The molecule has 1 unspecified atom stereocenters. The Kier molecular flexibility index (Phi) is 4.97. The summed E-state index contributed by atoms with van der Waals surface area (Å²) >= 11 is 0. The standard InChI is InChI=1S/C28H22FN7O/c29-19-6-3-15(4-7-19)21-9-10-31-26-24(21)33-27(34-26)25-22-12-17(5-8-23(22)35-36-25)18-11-20(14-30-13-18)32-28(37)16-1-2-16/h3-14,16,28,32,37H,1-2H2,(H,35,36)(H,31,33,34). The summed E-state index contributed by atoms with van der Waals surface area (Å²) < 4.78 is 13.5. The number of pyridine rings is 2. The van der Waals surface area contributed by atoms with Gasteiger partial charge in [0, 0.05) is 34.8 Å². The van der Waals surface area contributed by atoms with Crippen molar-refractivity contribution < 1.29 is 9.50 Å². The molecule has 7 rings (SSSR count). The van der Waals surface area contributed by atoms with Crippen LogP contribution in [-0.4, -0.2) is 41.5 Å². The number of benzene rings is 2. The molecule has 0 amide bonds. The summed E-state index contributed by atoms with van der Waals surface area (Å²) in [6, 6.07) is 16.3. The van der Waals surface area contributed by atoms with Crippen LogP contribution in [-0.2, 0) is 0 Å². The molecule has 4 heterocycles. The van der Waals surface area contributed by atoms with Crippen molar-refractivity contribution in [2.75, 3.05) is 5.32 Å². The fourth-order valence-corrected chi connectivity index (χ4v) is 4.64. The van der Waals surface area contributed by atoms with Crippen LogP contribution < -0.4 is 5.32 Å². The van der Waals surface area contributed by atoms with Gasteiger partial charge in [-0.3, -0.25) is 10.1 Å². The topological polar surface area (TPSA) is 115 Å². The molecule has 8 nitrogen and oxygen atoms in total. The SMILES string of the molecule is OC(Nc1cncc(-c2ccc3[nH]nc(-c4nc5nccc(-c6ccc(F)cc6)c5[nH]4)c3c2)c1)C1CC1. The summed E-state index contributed by atoms with van der Waals surface area (Å²) in [6.07, 6.45) is 6.75. The lowest BCUT2D eigenvalue weighted by Crippen LogP contribution is -2.20. The van der Waals surface area contributed by atoms with Crippen molar-refractivity contribution in [2.24, 2.45) is 5.92 Å². The van der Waals surface area contributed by atoms with Crippen LogP contribution in [0, 0.1) is 11.7 Å². The van der Waals surface area contributed by atoms with Gasteiger partial charge in [0.25, 0.3) is 0 Å². The van der Waals surface area contributed by atoms with Crippen LogP contribution in [0.3, 0.4) is 0 Å². The molecule has 37 heavy (non-hydrogen) atoms. The molecule has 1 atom stereocenters. The van der Waals surface area contributed by atoms with Crippen LogP contribution in [0.2, 0.25) is 0 Å². The fourth-order valence-electron chi connectivity index (χ4n) is 4.64. The summed E-state index contributed by atoms with van der Waals surface area (Å²) in [7, 11) is 0. The quantitative estimate of drug-likeness (QED) is 0.228. The average molecular weight is 492 g/mol. The molecular weight excluding hydrogens is 469 g/mol. The normalized spacial score (nSPS) is 14.3. The number of hydrogen-bond acceptors (Lipinski definition) is 6. The van der Waals surface area contributed by atoms with Gasteiger partial charge in [-0.15, -0.1) is 0 Å². The number of H-pyrrole nitrogens is 2. The minimum Gasteiger partial charge on any atom is -0.374 e. The molecule has 0 spiro atoms. The molecule has 182 valence electrons. The number of hydrogen-bond donors (Lipinski definition) is 4. The lowest BCUT2D eigenvalue weighted by Gasteiger charge is -2.13. The highest BCUT2D eigenvalue weighted by atomic mass is 19.1. The second-order valence-electron chi connectivity index (χ2n) is 9.37. The predicted octanol–water partition coefficient (Wildman–Crippen LogP) is 5.51. The maximum absolute atomic E-state index is 13.5. The van der Waals surface area contributed by atoms with Gasteiger partial charge < -0.3 is 15.4 Å². The van der Waals surface area contributed by atoms with Crippen LogP contribution in [0.5, 0.6) is 0 Å². The van der Waals surface area contributed by atoms with Crippen LogP contribution in [0.25, 0.3) is 55.8 Å². The Morgan fingerprint density at radius 1 is 0.973 bits per heavy atom. The fraction of sp³-hybridized carbons (Fsp3) is 0.143. The van der Waals surface area contributed by atoms with Crippen molar-refractivity contribution in [2.45, 2.75) is 19.1 Å². The maximum atomic E-state index is 13.5. The second kappa shape index (κ2) is 8.49. The molecule has 0 saturated heterocycles. The first kappa shape index (κ1) is 21.6. The second-order valence-corrected chi connectivity index (χ2v) is 9.37. The first-order valence-corrected chi connectivity index (χ1v) is 12.1. The number of halogens is 1. The first-order valence-electron chi connectivity index (χ1n) is 12.1. The predicted molar refractivity (Wildman–Crippen MR) is 140 cm³/mol. The zero-order valence-electron chi connectivity index (χ0n) is 19.6. The Morgan fingerprint density at radius 2 is 1.81 bits per heavy atom. The summed E-state index contributed by atoms with van der Waals surface area (Å²) in [5.74, 6) is 0.616. The van der Waals surface area contributed by atoms with Crippen molar-refractivity contribution >= 4 is 27.8 Å². The number of fused-ring (bicyclic) bond motifs is 2. The van der Waals surface area contributed by atoms with E-state index in [2.05, 4.69) is 30.5 Å². The molecule has 4 N–H and O–H groups in total. The van der Waals surface area contributed by atoms with Crippen LogP contribution >= 0.6 is 0 Å². The van der Waals surface area contributed by atoms with E-state index in [1.54, 1.807) is 30.7 Å². The number of aliphatic hydroxyl groups is 1. The molecule has 1 fully saturated rings. The third kappa shape index (κ3) is 3.99. The molecule has 6 aromatic rings. The minimum absolute atomic E-state index is 0.284. The third-order valence-corrected chi connectivity index (χ3v) is 6.79. The molecule has 0 bridgehead atoms. The Bertz CT molecular complexity index is 1750. The molecule has 1 saturated carbocycles. The largest absolute Gasteiger partial charge is 0.374 e. The van der Waals surface area contributed by atoms with Crippen molar-refractivity contribution in [3.8, 4) is 33.8 Å². The summed E-state index contributed by atoms with van der Waals surface area (Å²) in [6.45, 7) is 0. The third-order valence-electron chi connectivity index (χ3n) is 6.79. The number of aliphatic hydroxyl groups excluding tert-OH is 1. The number of rotatable bonds is 6. The van der Waals surface area contributed by atoms with E-state index < -0.39 is 6.23 Å². The van der Waals surface area contributed by atoms with Crippen LogP contribution in [0.1, 0.15) is 12.8 Å². The molecule has 0 aliphatic heterocycles. The molecule has 2 aromatic carbocycles. The van der Waals surface area contributed by atoms with E-state index in [1.165, 1.54) is 12.1 Å². The van der Waals surface area contributed by atoms with Crippen LogP contribution in [0.15, 0.2) is 73.2 Å².